The number of hydrogen-bond donors (Lipinski definition) is 2. The minimum atomic E-state index is -4.70. The second kappa shape index (κ2) is 11.1. The topological polar surface area (TPSA) is 131 Å². The van der Waals surface area contributed by atoms with Crippen molar-refractivity contribution in [2.75, 3.05) is 11.4 Å². The highest BCUT2D eigenvalue weighted by Crippen LogP contribution is 2.44. The Bertz CT molecular complexity index is 1670. The zero-order chi connectivity index (χ0) is 30.2. The molecule has 42 heavy (non-hydrogen) atoms. The van der Waals surface area contributed by atoms with Crippen molar-refractivity contribution in [3.63, 3.8) is 0 Å². The van der Waals surface area contributed by atoms with E-state index in [0.717, 1.165) is 12.1 Å². The maximum Gasteiger partial charge on any atom is 0.416 e. The standard InChI is InChI=1S/C29H24F3N5O5/c1-2-35-27-24(22(16-38)34-36(27)20-11-4-3-5-12-20)23(17-8-7-13-21(15-17)37(41)42)25(28(35)40)33-26(39)18-9-6-10-19(14-18)29(30,31)32/h3-15,23,25,38H,2,16H2,1H3,(H,33,39)/t23-,25+/m0/s1. The van der Waals surface area contributed by atoms with Crippen molar-refractivity contribution in [3.8, 4) is 5.69 Å². The van der Waals surface area contributed by atoms with Gasteiger partial charge in [-0.3, -0.25) is 24.6 Å². The SMILES string of the molecule is CCN1C(=O)[C@H](NC(=O)c2cccc(C(F)(F)F)c2)[C@@H](c2cccc([N+](=O)[O-])c2)c2c(CO)nn(-c3ccccc3)c21. The number of nitro benzene ring substituents is 1. The van der Waals surface area contributed by atoms with Gasteiger partial charge in [0.05, 0.1) is 28.5 Å². The van der Waals surface area contributed by atoms with Crippen molar-refractivity contribution in [2.45, 2.75) is 31.7 Å². The number of nitro groups is 1. The number of carbonyl (C=O) groups is 2. The molecular weight excluding hydrogens is 555 g/mol. The normalized spacial score (nSPS) is 16.7. The first-order chi connectivity index (χ1) is 20.0. The van der Waals surface area contributed by atoms with Gasteiger partial charge >= 0.3 is 6.18 Å². The fourth-order valence-corrected chi connectivity index (χ4v) is 5.19. The number of hydrogen-bond acceptors (Lipinski definition) is 6. The summed E-state index contributed by atoms with van der Waals surface area (Å²) in [6, 6.07) is 16.7. The fraction of sp³-hybridized carbons (Fsp3) is 0.207. The molecule has 0 spiro atoms. The highest BCUT2D eigenvalue weighted by Gasteiger charge is 2.46. The van der Waals surface area contributed by atoms with Crippen LogP contribution in [0.4, 0.5) is 24.7 Å². The number of benzene rings is 3. The lowest BCUT2D eigenvalue weighted by Crippen LogP contribution is -2.55. The fourth-order valence-electron chi connectivity index (χ4n) is 5.19. The average Bonchev–Trinajstić information content (AvgIpc) is 3.36. The lowest BCUT2D eigenvalue weighted by molar-refractivity contribution is -0.384. The number of likely N-dealkylation sites (N-methyl/N-ethyl adjacent to an activating group) is 1. The van der Waals surface area contributed by atoms with Gasteiger partial charge in [0.15, 0.2) is 0 Å². The molecule has 2 N–H and O–H groups in total. The Hall–Kier alpha value is -5.04. The molecule has 2 atom stereocenters. The van der Waals surface area contributed by atoms with Crippen molar-refractivity contribution in [3.05, 3.63) is 117 Å². The molecule has 0 saturated carbocycles. The lowest BCUT2D eigenvalue weighted by Gasteiger charge is -2.38. The van der Waals surface area contributed by atoms with Crippen LogP contribution in [-0.2, 0) is 17.6 Å². The molecule has 0 bridgehead atoms. The number of non-ortho nitro benzene ring substituents is 1. The number of alkyl halides is 3. The molecule has 0 fully saturated rings. The summed E-state index contributed by atoms with van der Waals surface area (Å²) in [5, 5.41) is 29.1. The number of para-hydroxylation sites is 1. The van der Waals surface area contributed by atoms with E-state index < -0.39 is 47.0 Å². The minimum absolute atomic E-state index is 0.118. The van der Waals surface area contributed by atoms with Crippen LogP contribution in [0, 0.1) is 10.1 Å². The molecule has 0 radical (unpaired) electrons. The quantitative estimate of drug-likeness (QED) is 0.243. The number of anilines is 1. The van der Waals surface area contributed by atoms with Crippen LogP contribution in [0.5, 0.6) is 0 Å². The highest BCUT2D eigenvalue weighted by atomic mass is 19.4. The smallest absolute Gasteiger partial charge is 0.390 e. The molecular formula is C29H24F3N5O5. The Morgan fingerprint density at radius 1 is 1.07 bits per heavy atom. The number of amides is 2. The third-order valence-corrected chi connectivity index (χ3v) is 7.05. The number of aliphatic hydroxyl groups excluding tert-OH is 1. The third-order valence-electron chi connectivity index (χ3n) is 7.05. The molecule has 4 aromatic rings. The van der Waals surface area contributed by atoms with Gasteiger partial charge in [-0.1, -0.05) is 36.4 Å². The van der Waals surface area contributed by atoms with Crippen LogP contribution in [0.25, 0.3) is 5.69 Å². The molecule has 2 amide bonds. The second-order valence-corrected chi connectivity index (χ2v) is 9.53. The summed E-state index contributed by atoms with van der Waals surface area (Å²) in [6.07, 6.45) is -4.70. The van der Waals surface area contributed by atoms with Gasteiger partial charge in [0.2, 0.25) is 0 Å². The molecule has 2 heterocycles. The summed E-state index contributed by atoms with van der Waals surface area (Å²) in [6.45, 7) is 1.25. The van der Waals surface area contributed by atoms with Gasteiger partial charge < -0.3 is 10.4 Å². The number of halogens is 3. The van der Waals surface area contributed by atoms with Gasteiger partial charge in [-0.15, -0.1) is 0 Å². The van der Waals surface area contributed by atoms with E-state index in [1.807, 2.05) is 0 Å². The highest BCUT2D eigenvalue weighted by molar-refractivity contribution is 6.05. The molecule has 1 aromatic heterocycles. The van der Waals surface area contributed by atoms with Crippen LogP contribution in [0.1, 0.15) is 45.6 Å². The van der Waals surface area contributed by atoms with E-state index in [4.69, 9.17) is 0 Å². The molecule has 10 nitrogen and oxygen atoms in total. The Morgan fingerprint density at radius 2 is 1.79 bits per heavy atom. The van der Waals surface area contributed by atoms with Crippen molar-refractivity contribution in [1.82, 2.24) is 15.1 Å². The number of rotatable bonds is 7. The van der Waals surface area contributed by atoms with Gasteiger partial charge in [0.25, 0.3) is 17.5 Å². The number of aliphatic hydroxyl groups is 1. The van der Waals surface area contributed by atoms with E-state index in [0.29, 0.717) is 23.1 Å². The first-order valence-electron chi connectivity index (χ1n) is 12.9. The molecule has 1 aliphatic rings. The molecule has 0 saturated heterocycles. The number of aromatic nitrogens is 2. The molecule has 216 valence electrons. The Balaban J connectivity index is 1.71. The Kier molecular flexibility index (Phi) is 7.52. The van der Waals surface area contributed by atoms with Gasteiger partial charge in [-0.25, -0.2) is 4.68 Å². The first kappa shape index (κ1) is 28.5. The van der Waals surface area contributed by atoms with Crippen molar-refractivity contribution < 1.29 is 32.8 Å². The molecule has 1 aliphatic heterocycles. The van der Waals surface area contributed by atoms with Crippen LogP contribution in [0.2, 0.25) is 0 Å². The van der Waals surface area contributed by atoms with E-state index in [-0.39, 0.29) is 29.1 Å². The van der Waals surface area contributed by atoms with E-state index in [9.17, 15) is 38.0 Å². The van der Waals surface area contributed by atoms with Gasteiger partial charge in [0, 0.05) is 35.7 Å². The number of nitrogens with zero attached hydrogens (tertiary/aromatic N) is 4. The van der Waals surface area contributed by atoms with Crippen molar-refractivity contribution >= 4 is 23.3 Å². The van der Waals surface area contributed by atoms with Crippen LogP contribution in [-0.4, -0.2) is 44.2 Å². The van der Waals surface area contributed by atoms with Crippen LogP contribution in [0.3, 0.4) is 0 Å². The summed E-state index contributed by atoms with van der Waals surface area (Å²) in [4.78, 5) is 39.8. The van der Waals surface area contributed by atoms with E-state index >= 15 is 0 Å². The van der Waals surface area contributed by atoms with E-state index in [2.05, 4.69) is 10.4 Å². The van der Waals surface area contributed by atoms with Gasteiger partial charge in [-0.2, -0.15) is 18.3 Å². The minimum Gasteiger partial charge on any atom is -0.390 e. The van der Waals surface area contributed by atoms with Crippen LogP contribution < -0.4 is 10.2 Å². The summed E-state index contributed by atoms with van der Waals surface area (Å²) < 4.78 is 41.5. The number of fused-ring (bicyclic) bond motifs is 1. The number of carbonyl (C=O) groups excluding carboxylic acids is 2. The molecule has 0 aliphatic carbocycles. The maximum absolute atomic E-state index is 14.1. The third kappa shape index (κ3) is 5.09. The molecule has 5 rings (SSSR count). The molecule has 13 heteroatoms. The maximum atomic E-state index is 14.1. The van der Waals surface area contributed by atoms with Crippen molar-refractivity contribution in [1.29, 1.82) is 0 Å². The predicted molar refractivity (Wildman–Crippen MR) is 145 cm³/mol. The molecule has 3 aromatic carbocycles. The Morgan fingerprint density at radius 3 is 2.43 bits per heavy atom. The van der Waals surface area contributed by atoms with Crippen LogP contribution in [0.15, 0.2) is 78.9 Å². The number of nitrogens with one attached hydrogen (secondary N) is 1. The molecule has 0 unspecified atom stereocenters. The van der Waals surface area contributed by atoms with Crippen LogP contribution >= 0.6 is 0 Å². The first-order valence-corrected chi connectivity index (χ1v) is 12.9. The second-order valence-electron chi connectivity index (χ2n) is 9.53. The zero-order valence-electron chi connectivity index (χ0n) is 22.1. The summed E-state index contributed by atoms with van der Waals surface area (Å²) in [5.41, 5.74) is -0.290. The average molecular weight is 580 g/mol. The summed E-state index contributed by atoms with van der Waals surface area (Å²) in [7, 11) is 0. The lowest BCUT2D eigenvalue weighted by atomic mass is 9.80. The largest absolute Gasteiger partial charge is 0.416 e. The predicted octanol–water partition coefficient (Wildman–Crippen LogP) is 4.59. The van der Waals surface area contributed by atoms with E-state index in [1.165, 1.54) is 33.8 Å². The Labute approximate surface area is 237 Å². The van der Waals surface area contributed by atoms with Gasteiger partial charge in [0.1, 0.15) is 11.9 Å². The summed E-state index contributed by atoms with van der Waals surface area (Å²) in [5.74, 6) is -2.33. The zero-order valence-corrected chi connectivity index (χ0v) is 22.1. The van der Waals surface area contributed by atoms with Crippen molar-refractivity contribution in [2.24, 2.45) is 0 Å². The summed E-state index contributed by atoms with van der Waals surface area (Å²) >= 11 is 0. The monoisotopic (exact) mass is 579 g/mol. The van der Waals surface area contributed by atoms with Gasteiger partial charge in [-0.05, 0) is 42.8 Å². The van der Waals surface area contributed by atoms with E-state index in [1.54, 1.807) is 43.3 Å².